The predicted octanol–water partition coefficient (Wildman–Crippen LogP) is 3.51. The molecule has 2 N–H and O–H groups in total. The van der Waals surface area contributed by atoms with Gasteiger partial charge in [0.15, 0.2) is 0 Å². The molecule has 0 bridgehead atoms. The highest BCUT2D eigenvalue weighted by molar-refractivity contribution is 4.73. The average molecular weight is 242 g/mol. The van der Waals surface area contributed by atoms with Gasteiger partial charge in [-0.25, -0.2) is 0 Å². The monoisotopic (exact) mass is 242 g/mol. The summed E-state index contributed by atoms with van der Waals surface area (Å²) in [7, 11) is 0. The summed E-state index contributed by atoms with van der Waals surface area (Å²) in [5.74, 6) is 1.58. The van der Waals surface area contributed by atoms with Crippen LogP contribution in [-0.2, 0) is 0 Å². The molecule has 1 atom stereocenters. The molecule has 104 valence electrons. The van der Waals surface area contributed by atoms with E-state index in [1.807, 2.05) is 0 Å². The second-order valence-electron chi connectivity index (χ2n) is 6.08. The molecule has 2 nitrogen and oxygen atoms in total. The highest BCUT2D eigenvalue weighted by Gasteiger charge is 2.16. The third kappa shape index (κ3) is 8.62. The molecule has 0 aliphatic rings. The molecule has 0 aliphatic heterocycles. The first-order chi connectivity index (χ1) is 8.01. The molecule has 0 saturated carbocycles. The molecule has 1 unspecified atom stereocenters. The minimum atomic E-state index is 0.595. The summed E-state index contributed by atoms with van der Waals surface area (Å²) in [5, 5.41) is 0. The van der Waals surface area contributed by atoms with Gasteiger partial charge < -0.3 is 5.73 Å². The summed E-state index contributed by atoms with van der Waals surface area (Å²) in [6, 6.07) is 0.595. The van der Waals surface area contributed by atoms with Crippen LogP contribution in [0.1, 0.15) is 60.3 Å². The van der Waals surface area contributed by atoms with Crippen LogP contribution in [0.5, 0.6) is 0 Å². The van der Waals surface area contributed by atoms with Crippen molar-refractivity contribution in [3.05, 3.63) is 0 Å². The molecule has 0 heterocycles. The molecule has 0 radical (unpaired) electrons. The standard InChI is InChI=1S/C15H34N2/c1-6-7-15(12-16)17(10-8-13(2)3)11-9-14(4)5/h13-15H,6-12,16H2,1-5H3. The zero-order valence-electron chi connectivity index (χ0n) is 12.7. The van der Waals surface area contributed by atoms with Crippen molar-refractivity contribution in [3.8, 4) is 0 Å². The van der Waals surface area contributed by atoms with Crippen LogP contribution in [0.3, 0.4) is 0 Å². The average Bonchev–Trinajstić information content (AvgIpc) is 2.26. The van der Waals surface area contributed by atoms with Crippen LogP contribution in [0.4, 0.5) is 0 Å². The SMILES string of the molecule is CCCC(CN)N(CCC(C)C)CCC(C)C. The zero-order valence-corrected chi connectivity index (χ0v) is 12.7. The molecule has 0 spiro atoms. The third-order valence-electron chi connectivity index (χ3n) is 3.40. The van der Waals surface area contributed by atoms with Crippen molar-refractivity contribution in [2.45, 2.75) is 66.3 Å². The summed E-state index contributed by atoms with van der Waals surface area (Å²) in [4.78, 5) is 2.63. The molecule has 0 fully saturated rings. The van der Waals surface area contributed by atoms with Crippen molar-refractivity contribution in [2.24, 2.45) is 17.6 Å². The van der Waals surface area contributed by atoms with Gasteiger partial charge in [0.25, 0.3) is 0 Å². The first-order valence-corrected chi connectivity index (χ1v) is 7.45. The van der Waals surface area contributed by atoms with E-state index < -0.39 is 0 Å². The maximum absolute atomic E-state index is 5.93. The van der Waals surface area contributed by atoms with E-state index in [0.29, 0.717) is 6.04 Å². The van der Waals surface area contributed by atoms with Gasteiger partial charge in [-0.15, -0.1) is 0 Å². The second kappa shape index (κ2) is 9.90. The Hall–Kier alpha value is -0.0800. The van der Waals surface area contributed by atoms with E-state index in [2.05, 4.69) is 39.5 Å². The third-order valence-corrected chi connectivity index (χ3v) is 3.40. The molecule has 0 amide bonds. The molecule has 0 aromatic heterocycles. The molecule has 0 aromatic rings. The van der Waals surface area contributed by atoms with Crippen molar-refractivity contribution >= 4 is 0 Å². The summed E-state index contributed by atoms with van der Waals surface area (Å²) < 4.78 is 0. The molecule has 17 heavy (non-hydrogen) atoms. The fraction of sp³-hybridized carbons (Fsp3) is 1.00. The minimum Gasteiger partial charge on any atom is -0.329 e. The van der Waals surface area contributed by atoms with Crippen LogP contribution in [0.2, 0.25) is 0 Å². The van der Waals surface area contributed by atoms with Crippen molar-refractivity contribution in [1.29, 1.82) is 0 Å². The highest BCUT2D eigenvalue weighted by Crippen LogP contribution is 2.12. The Kier molecular flexibility index (Phi) is 9.85. The van der Waals surface area contributed by atoms with E-state index in [1.165, 1.54) is 38.8 Å². The zero-order chi connectivity index (χ0) is 13.3. The van der Waals surface area contributed by atoms with Crippen molar-refractivity contribution in [3.63, 3.8) is 0 Å². The van der Waals surface area contributed by atoms with Gasteiger partial charge in [-0.05, 0) is 44.2 Å². The Morgan fingerprint density at radius 2 is 1.35 bits per heavy atom. The van der Waals surface area contributed by atoms with E-state index in [-0.39, 0.29) is 0 Å². The van der Waals surface area contributed by atoms with E-state index in [4.69, 9.17) is 5.73 Å². The Morgan fingerprint density at radius 1 is 0.882 bits per heavy atom. The minimum absolute atomic E-state index is 0.595. The van der Waals surface area contributed by atoms with E-state index in [9.17, 15) is 0 Å². The first-order valence-electron chi connectivity index (χ1n) is 7.45. The van der Waals surface area contributed by atoms with Gasteiger partial charge in [0.05, 0.1) is 0 Å². The van der Waals surface area contributed by atoms with Crippen molar-refractivity contribution < 1.29 is 0 Å². The second-order valence-corrected chi connectivity index (χ2v) is 6.08. The lowest BCUT2D eigenvalue weighted by Gasteiger charge is -2.32. The fourth-order valence-corrected chi connectivity index (χ4v) is 2.11. The van der Waals surface area contributed by atoms with Gasteiger partial charge in [0.1, 0.15) is 0 Å². The van der Waals surface area contributed by atoms with Crippen LogP contribution in [0.25, 0.3) is 0 Å². The topological polar surface area (TPSA) is 29.3 Å². The van der Waals surface area contributed by atoms with Gasteiger partial charge in [0.2, 0.25) is 0 Å². The molecular formula is C15H34N2. The maximum atomic E-state index is 5.93. The molecule has 2 heteroatoms. The van der Waals surface area contributed by atoms with Crippen LogP contribution < -0.4 is 5.73 Å². The summed E-state index contributed by atoms with van der Waals surface area (Å²) >= 11 is 0. The van der Waals surface area contributed by atoms with E-state index in [1.54, 1.807) is 0 Å². The first kappa shape index (κ1) is 16.9. The fourth-order valence-electron chi connectivity index (χ4n) is 2.11. The van der Waals surface area contributed by atoms with Gasteiger partial charge in [-0.2, -0.15) is 0 Å². The van der Waals surface area contributed by atoms with Crippen LogP contribution in [-0.4, -0.2) is 30.6 Å². The van der Waals surface area contributed by atoms with Crippen LogP contribution in [0.15, 0.2) is 0 Å². The lowest BCUT2D eigenvalue weighted by atomic mass is 10.0. The van der Waals surface area contributed by atoms with Crippen molar-refractivity contribution in [2.75, 3.05) is 19.6 Å². The van der Waals surface area contributed by atoms with Gasteiger partial charge in [-0.3, -0.25) is 4.90 Å². The molecule has 0 aromatic carbocycles. The van der Waals surface area contributed by atoms with Gasteiger partial charge >= 0.3 is 0 Å². The Balaban J connectivity index is 4.24. The Labute approximate surface area is 109 Å². The predicted molar refractivity (Wildman–Crippen MR) is 78.2 cm³/mol. The van der Waals surface area contributed by atoms with E-state index in [0.717, 1.165) is 18.4 Å². The number of nitrogens with zero attached hydrogens (tertiary/aromatic N) is 1. The lowest BCUT2D eigenvalue weighted by molar-refractivity contribution is 0.171. The largest absolute Gasteiger partial charge is 0.329 e. The van der Waals surface area contributed by atoms with Gasteiger partial charge in [-0.1, -0.05) is 41.0 Å². The normalized spacial score (nSPS) is 13.9. The molecular weight excluding hydrogens is 208 g/mol. The summed E-state index contributed by atoms with van der Waals surface area (Å²) in [5.41, 5.74) is 5.93. The maximum Gasteiger partial charge on any atom is 0.0218 e. The highest BCUT2D eigenvalue weighted by atomic mass is 15.2. The number of hydrogen-bond acceptors (Lipinski definition) is 2. The van der Waals surface area contributed by atoms with Crippen LogP contribution in [0, 0.1) is 11.8 Å². The summed E-state index contributed by atoms with van der Waals surface area (Å²) in [6.07, 6.45) is 5.06. The quantitative estimate of drug-likeness (QED) is 0.635. The molecule has 0 saturated heterocycles. The number of rotatable bonds is 10. The molecule has 0 aliphatic carbocycles. The number of nitrogens with two attached hydrogens (primary N) is 1. The smallest absolute Gasteiger partial charge is 0.0218 e. The lowest BCUT2D eigenvalue weighted by Crippen LogP contribution is -2.42. The van der Waals surface area contributed by atoms with E-state index >= 15 is 0 Å². The van der Waals surface area contributed by atoms with Gasteiger partial charge in [0, 0.05) is 12.6 Å². The Bertz CT molecular complexity index is 154. The molecule has 0 rings (SSSR count). The Morgan fingerprint density at radius 3 is 1.65 bits per heavy atom. The van der Waals surface area contributed by atoms with Crippen molar-refractivity contribution in [1.82, 2.24) is 4.90 Å². The summed E-state index contributed by atoms with van der Waals surface area (Å²) in [6.45, 7) is 14.7. The number of hydrogen-bond donors (Lipinski definition) is 1. The van der Waals surface area contributed by atoms with Crippen LogP contribution >= 0.6 is 0 Å².